The Labute approximate surface area is 163 Å². The Morgan fingerprint density at radius 1 is 1.25 bits per heavy atom. The number of anilines is 1. The summed E-state index contributed by atoms with van der Waals surface area (Å²) in [5, 5.41) is 3.07. The largest absolute Gasteiger partial charge is 0.348 e. The van der Waals surface area contributed by atoms with Crippen molar-refractivity contribution in [2.75, 3.05) is 11.4 Å². The molecule has 4 rings (SSSR count). The second kappa shape index (κ2) is 7.26. The number of hydrogen-bond acceptors (Lipinski definition) is 6. The molecule has 2 aromatic rings. The summed E-state index contributed by atoms with van der Waals surface area (Å²) in [6.07, 6.45) is 7.16. The number of rotatable bonds is 3. The molecule has 0 radical (unpaired) electrons. The fourth-order valence-corrected chi connectivity index (χ4v) is 4.38. The van der Waals surface area contributed by atoms with Crippen molar-refractivity contribution in [3.63, 3.8) is 0 Å². The van der Waals surface area contributed by atoms with Gasteiger partial charge >= 0.3 is 0 Å². The molecule has 28 heavy (non-hydrogen) atoms. The molecule has 0 aromatic carbocycles. The van der Waals surface area contributed by atoms with Gasteiger partial charge in [-0.1, -0.05) is 6.42 Å². The van der Waals surface area contributed by atoms with E-state index in [1.165, 1.54) is 6.33 Å². The summed E-state index contributed by atoms with van der Waals surface area (Å²) in [4.78, 5) is 44.2. The lowest BCUT2D eigenvalue weighted by molar-refractivity contribution is -0.127. The SMILES string of the molecule is Cc1cc(C(=O)NC2CCCC3(CCN(c4ccnc(C)n4)C3=O)C2)ncn1. The summed E-state index contributed by atoms with van der Waals surface area (Å²) < 4.78 is 0. The minimum atomic E-state index is -0.420. The zero-order valence-electron chi connectivity index (χ0n) is 16.2. The Morgan fingerprint density at radius 2 is 2.11 bits per heavy atom. The van der Waals surface area contributed by atoms with Crippen LogP contribution in [-0.4, -0.2) is 44.3 Å². The molecule has 2 atom stereocenters. The second-order valence-corrected chi connectivity index (χ2v) is 7.76. The number of hydrogen-bond donors (Lipinski definition) is 1. The van der Waals surface area contributed by atoms with Crippen LogP contribution < -0.4 is 10.2 Å². The lowest BCUT2D eigenvalue weighted by Crippen LogP contribution is -2.46. The molecule has 146 valence electrons. The number of carbonyl (C=O) groups excluding carboxylic acids is 2. The maximum absolute atomic E-state index is 13.3. The van der Waals surface area contributed by atoms with Crippen molar-refractivity contribution in [3.05, 3.63) is 41.9 Å². The number of nitrogens with zero attached hydrogens (tertiary/aromatic N) is 5. The highest BCUT2D eigenvalue weighted by molar-refractivity contribution is 5.99. The van der Waals surface area contributed by atoms with Crippen LogP contribution in [0.15, 0.2) is 24.7 Å². The molecular formula is C20H24N6O2. The maximum atomic E-state index is 13.3. The molecule has 1 saturated heterocycles. The number of aryl methyl sites for hydroxylation is 2. The molecule has 3 heterocycles. The third-order valence-corrected chi connectivity index (χ3v) is 5.77. The van der Waals surface area contributed by atoms with Crippen LogP contribution in [0.25, 0.3) is 0 Å². The van der Waals surface area contributed by atoms with Crippen LogP contribution in [0.1, 0.15) is 54.1 Å². The van der Waals surface area contributed by atoms with E-state index in [2.05, 4.69) is 25.3 Å². The second-order valence-electron chi connectivity index (χ2n) is 7.76. The molecule has 8 nitrogen and oxygen atoms in total. The van der Waals surface area contributed by atoms with Crippen LogP contribution in [0.3, 0.4) is 0 Å². The first-order valence-corrected chi connectivity index (χ1v) is 9.68. The van der Waals surface area contributed by atoms with E-state index in [1.54, 1.807) is 23.2 Å². The van der Waals surface area contributed by atoms with Gasteiger partial charge in [-0.2, -0.15) is 0 Å². The zero-order valence-corrected chi connectivity index (χ0v) is 16.2. The van der Waals surface area contributed by atoms with Crippen molar-refractivity contribution < 1.29 is 9.59 Å². The molecule has 2 unspecified atom stereocenters. The predicted molar refractivity (Wildman–Crippen MR) is 103 cm³/mol. The molecular weight excluding hydrogens is 356 g/mol. The van der Waals surface area contributed by atoms with Gasteiger partial charge in [-0.05, 0) is 51.7 Å². The molecule has 1 saturated carbocycles. The fraction of sp³-hybridized carbons (Fsp3) is 0.500. The van der Waals surface area contributed by atoms with Crippen LogP contribution in [0.5, 0.6) is 0 Å². The Morgan fingerprint density at radius 3 is 2.89 bits per heavy atom. The molecule has 1 N–H and O–H groups in total. The van der Waals surface area contributed by atoms with E-state index < -0.39 is 5.41 Å². The van der Waals surface area contributed by atoms with Crippen molar-refractivity contribution in [1.82, 2.24) is 25.3 Å². The quantitative estimate of drug-likeness (QED) is 0.874. The van der Waals surface area contributed by atoms with Crippen molar-refractivity contribution in [1.29, 1.82) is 0 Å². The van der Waals surface area contributed by atoms with Gasteiger partial charge in [-0.15, -0.1) is 0 Å². The summed E-state index contributed by atoms with van der Waals surface area (Å²) in [7, 11) is 0. The molecule has 1 aliphatic carbocycles. The van der Waals surface area contributed by atoms with Crippen LogP contribution in [0.2, 0.25) is 0 Å². The average Bonchev–Trinajstić information content (AvgIpc) is 2.97. The van der Waals surface area contributed by atoms with Gasteiger partial charge in [0.25, 0.3) is 5.91 Å². The van der Waals surface area contributed by atoms with Crippen LogP contribution in [0.4, 0.5) is 5.82 Å². The fourth-order valence-electron chi connectivity index (χ4n) is 4.38. The first-order valence-electron chi connectivity index (χ1n) is 9.68. The zero-order chi connectivity index (χ0) is 19.7. The average molecular weight is 380 g/mol. The van der Waals surface area contributed by atoms with E-state index in [-0.39, 0.29) is 17.9 Å². The molecule has 2 aromatic heterocycles. The molecule has 8 heteroatoms. The van der Waals surface area contributed by atoms with Crippen LogP contribution in [0, 0.1) is 19.3 Å². The molecule has 2 amide bonds. The molecule has 1 spiro atoms. The highest BCUT2D eigenvalue weighted by Gasteiger charge is 2.50. The van der Waals surface area contributed by atoms with E-state index >= 15 is 0 Å². The van der Waals surface area contributed by atoms with E-state index in [0.29, 0.717) is 30.3 Å². The predicted octanol–water partition coefficient (Wildman–Crippen LogP) is 1.98. The monoisotopic (exact) mass is 380 g/mol. The normalized spacial score (nSPS) is 24.6. The van der Waals surface area contributed by atoms with E-state index in [0.717, 1.165) is 31.4 Å². The van der Waals surface area contributed by atoms with Crippen LogP contribution in [-0.2, 0) is 4.79 Å². The van der Waals surface area contributed by atoms with Crippen molar-refractivity contribution in [2.45, 2.75) is 52.0 Å². The van der Waals surface area contributed by atoms with E-state index in [9.17, 15) is 9.59 Å². The van der Waals surface area contributed by atoms with Crippen LogP contribution >= 0.6 is 0 Å². The molecule has 2 aliphatic rings. The third-order valence-electron chi connectivity index (χ3n) is 5.77. The highest BCUT2D eigenvalue weighted by Crippen LogP contribution is 2.45. The molecule has 1 aliphatic heterocycles. The summed E-state index contributed by atoms with van der Waals surface area (Å²) in [6.45, 7) is 4.30. The lowest BCUT2D eigenvalue weighted by Gasteiger charge is -2.36. The summed E-state index contributed by atoms with van der Waals surface area (Å²) in [5.41, 5.74) is 0.696. The van der Waals surface area contributed by atoms with Crippen molar-refractivity contribution in [3.8, 4) is 0 Å². The first kappa shape index (κ1) is 18.5. The maximum Gasteiger partial charge on any atom is 0.270 e. The van der Waals surface area contributed by atoms with Gasteiger partial charge in [0.05, 0.1) is 5.41 Å². The van der Waals surface area contributed by atoms with Gasteiger partial charge in [0.1, 0.15) is 23.7 Å². The smallest absolute Gasteiger partial charge is 0.270 e. The Bertz CT molecular complexity index is 917. The van der Waals surface area contributed by atoms with Crippen molar-refractivity contribution >= 4 is 17.6 Å². The highest BCUT2D eigenvalue weighted by atomic mass is 16.2. The van der Waals surface area contributed by atoms with Gasteiger partial charge in [0.15, 0.2) is 0 Å². The Hall–Kier alpha value is -2.90. The lowest BCUT2D eigenvalue weighted by atomic mass is 9.71. The Kier molecular flexibility index (Phi) is 4.78. The minimum absolute atomic E-state index is 0.0347. The number of amides is 2. The number of nitrogens with one attached hydrogen (secondary N) is 1. The number of carbonyl (C=O) groups is 2. The molecule has 0 bridgehead atoms. The first-order chi connectivity index (χ1) is 13.5. The summed E-state index contributed by atoms with van der Waals surface area (Å²) >= 11 is 0. The minimum Gasteiger partial charge on any atom is -0.348 e. The summed E-state index contributed by atoms with van der Waals surface area (Å²) in [5.74, 6) is 1.22. The van der Waals surface area contributed by atoms with Gasteiger partial charge in [0.2, 0.25) is 5.91 Å². The standard InChI is InChI=1S/C20H24N6O2/c1-13-10-16(23-12-22-13)18(27)25-15-4-3-6-20(11-15)7-9-26(19(20)28)17-5-8-21-14(2)24-17/h5,8,10,12,15H,3-4,6-7,9,11H2,1-2H3,(H,25,27). The van der Waals surface area contributed by atoms with Gasteiger partial charge < -0.3 is 5.32 Å². The van der Waals surface area contributed by atoms with Gasteiger partial charge in [0, 0.05) is 24.5 Å². The Balaban J connectivity index is 1.47. The van der Waals surface area contributed by atoms with Gasteiger partial charge in [-0.25, -0.2) is 19.9 Å². The van der Waals surface area contributed by atoms with Crippen molar-refractivity contribution in [2.24, 2.45) is 5.41 Å². The van der Waals surface area contributed by atoms with Gasteiger partial charge in [-0.3, -0.25) is 14.5 Å². The van der Waals surface area contributed by atoms with E-state index in [1.807, 2.05) is 13.8 Å². The topological polar surface area (TPSA) is 101 Å². The third kappa shape index (κ3) is 3.46. The number of aromatic nitrogens is 4. The summed E-state index contributed by atoms with van der Waals surface area (Å²) in [6, 6.07) is 3.42. The van der Waals surface area contributed by atoms with E-state index in [4.69, 9.17) is 0 Å². The molecule has 2 fully saturated rings.